The number of nitrogens with zero attached hydrogens (tertiary/aromatic N) is 3. The largest absolute Gasteiger partial charge is 0.351 e. The molecule has 0 aromatic carbocycles. The Balaban J connectivity index is 1.59. The summed E-state index contributed by atoms with van der Waals surface area (Å²) in [5.41, 5.74) is 0.898. The third-order valence-corrected chi connectivity index (χ3v) is 4.67. The third kappa shape index (κ3) is 3.45. The second-order valence-corrected chi connectivity index (χ2v) is 6.72. The van der Waals surface area contributed by atoms with Crippen LogP contribution in [0.5, 0.6) is 0 Å². The molecule has 2 fully saturated rings. The van der Waals surface area contributed by atoms with Gasteiger partial charge in [0.15, 0.2) is 0 Å². The highest BCUT2D eigenvalue weighted by molar-refractivity contribution is 7.99. The molecular formula is C15H21N3O3S. The lowest BCUT2D eigenvalue weighted by Crippen LogP contribution is -2.38. The van der Waals surface area contributed by atoms with E-state index < -0.39 is 0 Å². The number of aromatic nitrogens is 1. The fourth-order valence-corrected chi connectivity index (χ4v) is 3.13. The predicted octanol–water partition coefficient (Wildman–Crippen LogP) is 1.59. The van der Waals surface area contributed by atoms with Crippen LogP contribution in [-0.2, 0) is 4.79 Å². The van der Waals surface area contributed by atoms with Crippen LogP contribution < -0.4 is 0 Å². The lowest BCUT2D eigenvalue weighted by atomic mass is 10.2. The Hall–Kier alpha value is -1.50. The molecule has 1 aromatic rings. The summed E-state index contributed by atoms with van der Waals surface area (Å²) in [5, 5.41) is 4.00. The van der Waals surface area contributed by atoms with Crippen molar-refractivity contribution >= 4 is 23.6 Å². The van der Waals surface area contributed by atoms with E-state index in [1.807, 2.05) is 11.2 Å². The van der Waals surface area contributed by atoms with Gasteiger partial charge in [0.1, 0.15) is 0 Å². The molecule has 3 rings (SSSR count). The van der Waals surface area contributed by atoms with Crippen molar-refractivity contribution in [1.29, 1.82) is 0 Å². The Morgan fingerprint density at radius 3 is 2.73 bits per heavy atom. The maximum atomic E-state index is 12.5. The monoisotopic (exact) mass is 323 g/mol. The van der Waals surface area contributed by atoms with Gasteiger partial charge in [0.2, 0.25) is 11.7 Å². The van der Waals surface area contributed by atoms with Crippen LogP contribution in [0.3, 0.4) is 0 Å². The molecule has 0 spiro atoms. The van der Waals surface area contributed by atoms with Crippen molar-refractivity contribution in [2.24, 2.45) is 0 Å². The first-order valence-corrected chi connectivity index (χ1v) is 9.11. The van der Waals surface area contributed by atoms with Gasteiger partial charge < -0.3 is 14.3 Å². The molecule has 0 N–H and O–H groups in total. The maximum Gasteiger partial charge on any atom is 0.292 e. The van der Waals surface area contributed by atoms with Crippen LogP contribution in [0.4, 0.5) is 0 Å². The van der Waals surface area contributed by atoms with E-state index in [0.29, 0.717) is 43.6 Å². The van der Waals surface area contributed by atoms with Gasteiger partial charge in [-0.3, -0.25) is 9.59 Å². The highest BCUT2D eigenvalue weighted by Crippen LogP contribution is 2.39. The van der Waals surface area contributed by atoms with E-state index in [1.54, 1.807) is 11.0 Å². The molecule has 0 atom stereocenters. The van der Waals surface area contributed by atoms with Gasteiger partial charge in [-0.15, -0.1) is 0 Å². The number of rotatable bonds is 4. The Morgan fingerprint density at radius 2 is 2.00 bits per heavy atom. The Morgan fingerprint density at radius 1 is 1.27 bits per heavy atom. The van der Waals surface area contributed by atoms with Crippen LogP contribution >= 0.6 is 11.8 Å². The van der Waals surface area contributed by atoms with E-state index in [2.05, 4.69) is 5.16 Å². The van der Waals surface area contributed by atoms with Gasteiger partial charge in [-0.1, -0.05) is 5.16 Å². The number of hydrogen-bond acceptors (Lipinski definition) is 5. The van der Waals surface area contributed by atoms with Crippen molar-refractivity contribution in [3.05, 3.63) is 17.5 Å². The van der Waals surface area contributed by atoms with Crippen LogP contribution in [-0.4, -0.2) is 65.0 Å². The highest BCUT2D eigenvalue weighted by atomic mass is 32.2. The van der Waals surface area contributed by atoms with Crippen molar-refractivity contribution in [2.45, 2.75) is 25.2 Å². The molecule has 2 aliphatic rings. The molecule has 1 aromatic heterocycles. The lowest BCUT2D eigenvalue weighted by Gasteiger charge is -2.21. The molecule has 0 unspecified atom stereocenters. The fourth-order valence-electron chi connectivity index (χ4n) is 2.70. The van der Waals surface area contributed by atoms with Gasteiger partial charge >= 0.3 is 0 Å². The van der Waals surface area contributed by atoms with E-state index in [4.69, 9.17) is 4.52 Å². The molecule has 2 heterocycles. The number of amides is 2. The molecule has 2 amide bonds. The van der Waals surface area contributed by atoms with E-state index >= 15 is 0 Å². The number of hydrogen-bond donors (Lipinski definition) is 0. The summed E-state index contributed by atoms with van der Waals surface area (Å²) in [6.45, 7) is 2.52. The molecule has 22 heavy (non-hydrogen) atoms. The quantitative estimate of drug-likeness (QED) is 0.842. The molecule has 0 bridgehead atoms. The minimum Gasteiger partial charge on any atom is -0.351 e. The molecule has 0 radical (unpaired) electrons. The summed E-state index contributed by atoms with van der Waals surface area (Å²) in [7, 11) is 0. The van der Waals surface area contributed by atoms with Gasteiger partial charge in [-0.2, -0.15) is 11.8 Å². The first-order valence-electron chi connectivity index (χ1n) is 7.71. The zero-order valence-corrected chi connectivity index (χ0v) is 13.6. The molecular weight excluding hydrogens is 302 g/mol. The Kier molecular flexibility index (Phi) is 4.71. The van der Waals surface area contributed by atoms with Gasteiger partial charge in [-0.25, -0.2) is 0 Å². The molecule has 1 saturated carbocycles. The summed E-state index contributed by atoms with van der Waals surface area (Å²) in [6.07, 6.45) is 5.00. The molecule has 6 nitrogen and oxygen atoms in total. The summed E-state index contributed by atoms with van der Waals surface area (Å²) in [5.74, 6) is 1.34. The van der Waals surface area contributed by atoms with Crippen LogP contribution in [0.25, 0.3) is 0 Å². The minimum atomic E-state index is -0.112. The smallest absolute Gasteiger partial charge is 0.292 e. The van der Waals surface area contributed by atoms with E-state index in [1.165, 1.54) is 11.8 Å². The molecule has 1 aliphatic carbocycles. The zero-order chi connectivity index (χ0) is 15.5. The van der Waals surface area contributed by atoms with Crippen molar-refractivity contribution in [1.82, 2.24) is 15.0 Å². The molecule has 7 heteroatoms. The van der Waals surface area contributed by atoms with Crippen LogP contribution in [0.1, 0.15) is 41.4 Å². The van der Waals surface area contributed by atoms with Crippen molar-refractivity contribution in [3.63, 3.8) is 0 Å². The highest BCUT2D eigenvalue weighted by Gasteiger charge is 2.30. The summed E-state index contributed by atoms with van der Waals surface area (Å²) in [4.78, 5) is 28.1. The third-order valence-electron chi connectivity index (χ3n) is 4.14. The second kappa shape index (κ2) is 6.73. The standard InChI is InChI=1S/C15H21N3O3S/c1-22-10-14(19)17-5-2-6-18(8-7-17)15(20)13-9-12(16-21-13)11-3-4-11/h9,11H,2-8,10H2,1H3. The van der Waals surface area contributed by atoms with Gasteiger partial charge in [0.25, 0.3) is 5.91 Å². The summed E-state index contributed by atoms with van der Waals surface area (Å²) in [6, 6.07) is 1.78. The van der Waals surface area contributed by atoms with E-state index in [-0.39, 0.29) is 11.8 Å². The number of carbonyl (C=O) groups excluding carboxylic acids is 2. The van der Waals surface area contributed by atoms with E-state index in [0.717, 1.165) is 25.0 Å². The summed E-state index contributed by atoms with van der Waals surface area (Å²) < 4.78 is 5.21. The molecule has 1 aliphatic heterocycles. The number of carbonyl (C=O) groups is 2. The topological polar surface area (TPSA) is 66.7 Å². The van der Waals surface area contributed by atoms with E-state index in [9.17, 15) is 9.59 Å². The van der Waals surface area contributed by atoms with Crippen LogP contribution in [0.15, 0.2) is 10.6 Å². The lowest BCUT2D eigenvalue weighted by molar-refractivity contribution is -0.128. The van der Waals surface area contributed by atoms with Crippen LogP contribution in [0.2, 0.25) is 0 Å². The van der Waals surface area contributed by atoms with Crippen molar-refractivity contribution in [3.8, 4) is 0 Å². The Labute approximate surface area is 134 Å². The fraction of sp³-hybridized carbons (Fsp3) is 0.667. The van der Waals surface area contributed by atoms with Gasteiger partial charge in [0.05, 0.1) is 11.4 Å². The number of thioether (sulfide) groups is 1. The zero-order valence-electron chi connectivity index (χ0n) is 12.8. The Bertz CT molecular complexity index is 556. The first-order chi connectivity index (χ1) is 10.7. The summed E-state index contributed by atoms with van der Waals surface area (Å²) >= 11 is 1.53. The average Bonchev–Trinajstić information content (AvgIpc) is 3.29. The molecule has 120 valence electrons. The van der Waals surface area contributed by atoms with Crippen molar-refractivity contribution < 1.29 is 14.1 Å². The first kappa shape index (κ1) is 15.4. The maximum absolute atomic E-state index is 12.5. The SMILES string of the molecule is CSCC(=O)N1CCCN(C(=O)c2cc(C3CC3)no2)CC1. The second-order valence-electron chi connectivity index (χ2n) is 5.85. The van der Waals surface area contributed by atoms with Crippen molar-refractivity contribution in [2.75, 3.05) is 38.2 Å². The molecule has 1 saturated heterocycles. The van der Waals surface area contributed by atoms with Crippen LogP contribution in [0, 0.1) is 0 Å². The predicted molar refractivity (Wildman–Crippen MR) is 84.0 cm³/mol. The van der Waals surface area contributed by atoms with Gasteiger partial charge in [0, 0.05) is 38.2 Å². The van der Waals surface area contributed by atoms with Gasteiger partial charge in [-0.05, 0) is 25.5 Å². The average molecular weight is 323 g/mol. The normalized spacial score (nSPS) is 19.1. The minimum absolute atomic E-state index is 0.112.